The summed E-state index contributed by atoms with van der Waals surface area (Å²) in [5.74, 6) is -0.263. The lowest BCUT2D eigenvalue weighted by molar-refractivity contribution is -0.145. The third-order valence-corrected chi connectivity index (χ3v) is 4.68. The molecule has 1 aromatic heterocycles. The Morgan fingerprint density at radius 2 is 2.04 bits per heavy atom. The van der Waals surface area contributed by atoms with Crippen LogP contribution in [0.4, 0.5) is 0 Å². The van der Waals surface area contributed by atoms with E-state index in [0.29, 0.717) is 25.9 Å². The molecule has 1 saturated heterocycles. The van der Waals surface area contributed by atoms with E-state index in [-0.39, 0.29) is 24.0 Å². The standard InChI is InChI=1S/C16H26N4O3/c1-10-11(2)18-20(12(10)3)7-6-15(21)17-13-8-14(16(22)23-5)19(4)9-13/h13-14H,6-9H2,1-5H3,(H,17,21)/t13-,14+/m1/s1. The second kappa shape index (κ2) is 7.12. The number of esters is 1. The second-order valence-corrected chi connectivity index (χ2v) is 6.25. The Labute approximate surface area is 137 Å². The first-order valence-electron chi connectivity index (χ1n) is 7.91. The van der Waals surface area contributed by atoms with Gasteiger partial charge >= 0.3 is 5.97 Å². The molecule has 1 N–H and O–H groups in total. The smallest absolute Gasteiger partial charge is 0.323 e. The molecule has 23 heavy (non-hydrogen) atoms. The highest BCUT2D eigenvalue weighted by atomic mass is 16.5. The first-order chi connectivity index (χ1) is 10.8. The summed E-state index contributed by atoms with van der Waals surface area (Å²) in [7, 11) is 3.25. The van der Waals surface area contributed by atoms with Gasteiger partial charge in [0.2, 0.25) is 5.91 Å². The van der Waals surface area contributed by atoms with Crippen LogP contribution < -0.4 is 5.32 Å². The van der Waals surface area contributed by atoms with Crippen LogP contribution in [0, 0.1) is 20.8 Å². The summed E-state index contributed by atoms with van der Waals surface area (Å²) < 4.78 is 6.66. The maximum atomic E-state index is 12.1. The molecule has 7 nitrogen and oxygen atoms in total. The average molecular weight is 322 g/mol. The zero-order valence-electron chi connectivity index (χ0n) is 14.5. The number of likely N-dealkylation sites (N-methyl/N-ethyl adjacent to an activating group) is 1. The van der Waals surface area contributed by atoms with Crippen LogP contribution in [0.15, 0.2) is 0 Å². The van der Waals surface area contributed by atoms with E-state index < -0.39 is 0 Å². The molecule has 2 rings (SSSR count). The summed E-state index contributed by atoms with van der Waals surface area (Å²) in [5.41, 5.74) is 3.27. The van der Waals surface area contributed by atoms with E-state index in [1.165, 1.54) is 12.7 Å². The molecule has 0 radical (unpaired) electrons. The van der Waals surface area contributed by atoms with Gasteiger partial charge < -0.3 is 10.1 Å². The number of aromatic nitrogens is 2. The van der Waals surface area contributed by atoms with E-state index in [0.717, 1.165) is 11.4 Å². The molecule has 0 spiro atoms. The third kappa shape index (κ3) is 3.90. The van der Waals surface area contributed by atoms with Gasteiger partial charge in [-0.05, 0) is 39.8 Å². The van der Waals surface area contributed by atoms with Crippen molar-refractivity contribution < 1.29 is 14.3 Å². The number of nitrogens with zero attached hydrogens (tertiary/aromatic N) is 3. The first kappa shape index (κ1) is 17.5. The minimum absolute atomic E-state index is 0.0147. The van der Waals surface area contributed by atoms with Crippen LogP contribution in [0.1, 0.15) is 29.8 Å². The molecule has 128 valence electrons. The molecule has 1 aromatic rings. The summed E-state index contributed by atoms with van der Waals surface area (Å²) in [5, 5.41) is 7.44. The van der Waals surface area contributed by atoms with Crippen LogP contribution in [-0.2, 0) is 20.9 Å². The third-order valence-electron chi connectivity index (χ3n) is 4.68. The molecule has 0 aromatic carbocycles. The first-order valence-corrected chi connectivity index (χ1v) is 7.91. The number of nitrogens with one attached hydrogen (secondary N) is 1. The van der Waals surface area contributed by atoms with Gasteiger partial charge in [-0.15, -0.1) is 0 Å². The van der Waals surface area contributed by atoms with Crippen molar-refractivity contribution in [2.45, 2.75) is 52.2 Å². The molecular weight excluding hydrogens is 296 g/mol. The fraction of sp³-hybridized carbons (Fsp3) is 0.688. The Morgan fingerprint density at radius 1 is 1.35 bits per heavy atom. The van der Waals surface area contributed by atoms with Gasteiger partial charge in [-0.1, -0.05) is 0 Å². The monoisotopic (exact) mass is 322 g/mol. The number of hydrogen-bond acceptors (Lipinski definition) is 5. The zero-order chi connectivity index (χ0) is 17.1. The van der Waals surface area contributed by atoms with Crippen LogP contribution >= 0.6 is 0 Å². The molecule has 0 saturated carbocycles. The number of rotatable bonds is 5. The van der Waals surface area contributed by atoms with Crippen molar-refractivity contribution in [3.8, 4) is 0 Å². The molecule has 2 heterocycles. The van der Waals surface area contributed by atoms with Crippen molar-refractivity contribution in [1.82, 2.24) is 20.0 Å². The van der Waals surface area contributed by atoms with E-state index in [9.17, 15) is 9.59 Å². The van der Waals surface area contributed by atoms with Crippen molar-refractivity contribution in [3.63, 3.8) is 0 Å². The van der Waals surface area contributed by atoms with Crippen LogP contribution in [0.3, 0.4) is 0 Å². The van der Waals surface area contributed by atoms with E-state index in [1.54, 1.807) is 0 Å². The summed E-state index contributed by atoms with van der Waals surface area (Å²) >= 11 is 0. The Morgan fingerprint density at radius 3 is 2.61 bits per heavy atom. The summed E-state index contributed by atoms with van der Waals surface area (Å²) in [6.45, 7) is 7.25. The van der Waals surface area contributed by atoms with Crippen LogP contribution in [-0.4, -0.2) is 59.3 Å². The number of likely N-dealkylation sites (tertiary alicyclic amines) is 1. The maximum absolute atomic E-state index is 12.1. The van der Waals surface area contributed by atoms with Crippen LogP contribution in [0.2, 0.25) is 0 Å². The van der Waals surface area contributed by atoms with Gasteiger partial charge in [0.1, 0.15) is 6.04 Å². The van der Waals surface area contributed by atoms with Crippen molar-refractivity contribution >= 4 is 11.9 Å². The Hall–Kier alpha value is -1.89. The fourth-order valence-electron chi connectivity index (χ4n) is 3.03. The van der Waals surface area contributed by atoms with E-state index in [1.807, 2.05) is 37.4 Å². The number of aryl methyl sites for hydroxylation is 2. The number of carbonyl (C=O) groups excluding carboxylic acids is 2. The largest absolute Gasteiger partial charge is 0.468 e. The molecule has 1 amide bonds. The molecular formula is C16H26N4O3. The van der Waals surface area contributed by atoms with Crippen LogP contribution in [0.25, 0.3) is 0 Å². The molecule has 1 aliphatic rings. The molecule has 7 heteroatoms. The lowest BCUT2D eigenvalue weighted by Gasteiger charge is -2.15. The van der Waals surface area contributed by atoms with Gasteiger partial charge in [0.15, 0.2) is 0 Å². The lowest BCUT2D eigenvalue weighted by atomic mass is 10.1. The van der Waals surface area contributed by atoms with Crippen molar-refractivity contribution in [2.75, 3.05) is 20.7 Å². The summed E-state index contributed by atoms with van der Waals surface area (Å²) in [6, 6.07) is -0.289. The average Bonchev–Trinajstić information content (AvgIpc) is 2.99. The second-order valence-electron chi connectivity index (χ2n) is 6.25. The quantitative estimate of drug-likeness (QED) is 0.802. The number of ether oxygens (including phenoxy) is 1. The minimum atomic E-state index is -0.274. The highest BCUT2D eigenvalue weighted by Crippen LogP contribution is 2.17. The van der Waals surface area contributed by atoms with Gasteiger partial charge in [0.25, 0.3) is 0 Å². The Kier molecular flexibility index (Phi) is 5.41. The van der Waals surface area contributed by atoms with Gasteiger partial charge in [-0.2, -0.15) is 5.10 Å². The van der Waals surface area contributed by atoms with E-state index in [2.05, 4.69) is 10.4 Å². The van der Waals surface area contributed by atoms with Gasteiger partial charge in [0.05, 0.1) is 12.8 Å². The predicted octanol–water partition coefficient (Wildman–Crippen LogP) is 0.560. The fourth-order valence-corrected chi connectivity index (χ4v) is 3.03. The van der Waals surface area contributed by atoms with Gasteiger partial charge in [0, 0.05) is 31.2 Å². The molecule has 0 aliphatic carbocycles. The Bertz CT molecular complexity index is 596. The SMILES string of the molecule is COC(=O)[C@@H]1C[C@@H](NC(=O)CCn2nc(C)c(C)c2C)CN1C. The van der Waals surface area contributed by atoms with Crippen LogP contribution in [0.5, 0.6) is 0 Å². The van der Waals surface area contributed by atoms with Crippen molar-refractivity contribution in [2.24, 2.45) is 0 Å². The van der Waals surface area contributed by atoms with E-state index >= 15 is 0 Å². The summed E-state index contributed by atoms with van der Waals surface area (Å²) in [6.07, 6.45) is 0.971. The highest BCUT2D eigenvalue weighted by Gasteiger charge is 2.35. The highest BCUT2D eigenvalue weighted by molar-refractivity contribution is 5.78. The van der Waals surface area contributed by atoms with Gasteiger partial charge in [-0.25, -0.2) is 0 Å². The topological polar surface area (TPSA) is 76.5 Å². The molecule has 1 fully saturated rings. The number of hydrogen-bond donors (Lipinski definition) is 1. The van der Waals surface area contributed by atoms with Gasteiger partial charge in [-0.3, -0.25) is 19.2 Å². The van der Waals surface area contributed by atoms with E-state index in [4.69, 9.17) is 4.74 Å². The number of carbonyl (C=O) groups is 2. The predicted molar refractivity (Wildman–Crippen MR) is 86.0 cm³/mol. The number of amides is 1. The Balaban J connectivity index is 1.84. The molecule has 2 atom stereocenters. The summed E-state index contributed by atoms with van der Waals surface area (Å²) in [4.78, 5) is 25.7. The van der Waals surface area contributed by atoms with Crippen molar-refractivity contribution in [3.05, 3.63) is 17.0 Å². The molecule has 0 bridgehead atoms. The van der Waals surface area contributed by atoms with Crippen molar-refractivity contribution in [1.29, 1.82) is 0 Å². The molecule has 1 aliphatic heterocycles. The minimum Gasteiger partial charge on any atom is -0.468 e. The number of methoxy groups -OCH3 is 1. The maximum Gasteiger partial charge on any atom is 0.323 e. The molecule has 0 unspecified atom stereocenters. The normalized spacial score (nSPS) is 21.4. The lowest BCUT2D eigenvalue weighted by Crippen LogP contribution is -2.36. The zero-order valence-corrected chi connectivity index (χ0v) is 14.5.